The summed E-state index contributed by atoms with van der Waals surface area (Å²) in [5.41, 5.74) is 2.61. The van der Waals surface area contributed by atoms with Crippen LogP contribution in [0.2, 0.25) is 0 Å². The Bertz CT molecular complexity index is 1380. The van der Waals surface area contributed by atoms with Crippen LogP contribution >= 0.6 is 0 Å². The zero-order chi connectivity index (χ0) is 30.8. The third-order valence-electron chi connectivity index (χ3n) is 8.94. The van der Waals surface area contributed by atoms with Crippen molar-refractivity contribution >= 4 is 23.7 Å². The van der Waals surface area contributed by atoms with Crippen molar-refractivity contribution in [2.75, 3.05) is 52.5 Å². The standard InChI is InChI=1S/C32H43N5O6/c1-5-25-27-26(18-32(19-33-28(27)39)9-15-42-16-10-32)37(34-25)20-31(3,4)21-43-30(41)24-8-6-7-23(17-24)29(40)36-13-11-35(12-14-36)22(2)38/h6-8,17H,5,9-16,18-21H2,1-4H3,(H,33,39). The Kier molecular flexibility index (Phi) is 8.91. The predicted molar refractivity (Wildman–Crippen MR) is 159 cm³/mol. The molecule has 11 nitrogen and oxygen atoms in total. The monoisotopic (exact) mass is 593 g/mol. The molecule has 232 valence electrons. The van der Waals surface area contributed by atoms with Crippen LogP contribution in [0, 0.1) is 10.8 Å². The number of benzene rings is 1. The van der Waals surface area contributed by atoms with Crippen LogP contribution < -0.4 is 5.32 Å². The van der Waals surface area contributed by atoms with E-state index < -0.39 is 11.4 Å². The molecule has 1 aromatic carbocycles. The number of amides is 3. The largest absolute Gasteiger partial charge is 0.461 e. The van der Waals surface area contributed by atoms with E-state index in [0.717, 1.165) is 30.7 Å². The number of nitrogens with zero attached hydrogens (tertiary/aromatic N) is 4. The Morgan fingerprint density at radius 1 is 1.07 bits per heavy atom. The van der Waals surface area contributed by atoms with Crippen LogP contribution in [0.4, 0.5) is 0 Å². The second-order valence-electron chi connectivity index (χ2n) is 12.9. The molecule has 43 heavy (non-hydrogen) atoms. The molecule has 0 atom stereocenters. The van der Waals surface area contributed by atoms with Crippen molar-refractivity contribution in [2.45, 2.75) is 59.9 Å². The van der Waals surface area contributed by atoms with E-state index in [1.807, 2.05) is 25.5 Å². The van der Waals surface area contributed by atoms with Crippen molar-refractivity contribution in [1.82, 2.24) is 24.9 Å². The Labute approximate surface area is 252 Å². The molecule has 0 bridgehead atoms. The summed E-state index contributed by atoms with van der Waals surface area (Å²) in [5, 5.41) is 8.01. The number of fused-ring (bicyclic) bond motifs is 1. The molecule has 4 heterocycles. The first-order chi connectivity index (χ1) is 20.5. The minimum absolute atomic E-state index is 0.00208. The molecular formula is C32H43N5O6. The first-order valence-corrected chi connectivity index (χ1v) is 15.3. The molecule has 1 N–H and O–H groups in total. The van der Waals surface area contributed by atoms with Crippen molar-refractivity contribution in [1.29, 1.82) is 0 Å². The number of hydrogen-bond donors (Lipinski definition) is 1. The smallest absolute Gasteiger partial charge is 0.338 e. The summed E-state index contributed by atoms with van der Waals surface area (Å²) in [7, 11) is 0. The van der Waals surface area contributed by atoms with E-state index in [9.17, 15) is 19.2 Å². The Hall–Kier alpha value is -3.73. The summed E-state index contributed by atoms with van der Waals surface area (Å²) in [6.45, 7) is 12.1. The Morgan fingerprint density at radius 3 is 2.42 bits per heavy atom. The van der Waals surface area contributed by atoms with Crippen molar-refractivity contribution in [3.63, 3.8) is 0 Å². The summed E-state index contributed by atoms with van der Waals surface area (Å²) in [6, 6.07) is 6.59. The zero-order valence-corrected chi connectivity index (χ0v) is 25.7. The number of piperazine rings is 1. The molecule has 2 saturated heterocycles. The maximum absolute atomic E-state index is 13.2. The number of esters is 1. The van der Waals surface area contributed by atoms with Gasteiger partial charge in [0.25, 0.3) is 11.8 Å². The molecular weight excluding hydrogens is 550 g/mol. The van der Waals surface area contributed by atoms with Crippen molar-refractivity contribution in [2.24, 2.45) is 10.8 Å². The quantitative estimate of drug-likeness (QED) is 0.490. The highest BCUT2D eigenvalue weighted by Crippen LogP contribution is 2.38. The van der Waals surface area contributed by atoms with E-state index in [0.29, 0.717) is 75.6 Å². The van der Waals surface area contributed by atoms with Gasteiger partial charge in [-0.15, -0.1) is 0 Å². The number of carbonyl (C=O) groups excluding carboxylic acids is 4. The van der Waals surface area contributed by atoms with Gasteiger partial charge in [0.1, 0.15) is 0 Å². The molecule has 0 radical (unpaired) electrons. The average molecular weight is 594 g/mol. The van der Waals surface area contributed by atoms with E-state index >= 15 is 0 Å². The van der Waals surface area contributed by atoms with Crippen LogP contribution in [0.1, 0.15) is 83.0 Å². The van der Waals surface area contributed by atoms with Crippen molar-refractivity contribution in [3.8, 4) is 0 Å². The van der Waals surface area contributed by atoms with Gasteiger partial charge in [0.15, 0.2) is 0 Å². The number of hydrogen-bond acceptors (Lipinski definition) is 7. The summed E-state index contributed by atoms with van der Waals surface area (Å²) >= 11 is 0. The van der Waals surface area contributed by atoms with Crippen LogP contribution in [0.25, 0.3) is 0 Å². The highest BCUT2D eigenvalue weighted by Gasteiger charge is 2.40. The fourth-order valence-corrected chi connectivity index (χ4v) is 6.29. The van der Waals surface area contributed by atoms with Crippen LogP contribution in [-0.2, 0) is 33.7 Å². The van der Waals surface area contributed by atoms with Crippen LogP contribution in [0.3, 0.4) is 0 Å². The maximum atomic E-state index is 13.2. The fraction of sp³-hybridized carbons (Fsp3) is 0.594. The number of ether oxygens (including phenoxy) is 2. The maximum Gasteiger partial charge on any atom is 0.338 e. The molecule has 1 aromatic heterocycles. The molecule has 2 aromatic rings. The second kappa shape index (κ2) is 12.5. The molecule has 3 aliphatic rings. The second-order valence-corrected chi connectivity index (χ2v) is 12.9. The normalized spacial score (nSPS) is 18.6. The van der Waals surface area contributed by atoms with E-state index in [1.54, 1.807) is 34.1 Å². The number of carbonyl (C=O) groups is 4. The Balaban J connectivity index is 1.25. The van der Waals surface area contributed by atoms with E-state index in [-0.39, 0.29) is 29.7 Å². The fourth-order valence-electron chi connectivity index (χ4n) is 6.29. The first-order valence-electron chi connectivity index (χ1n) is 15.3. The number of aryl methyl sites for hydroxylation is 1. The van der Waals surface area contributed by atoms with Gasteiger partial charge in [0.05, 0.1) is 29.1 Å². The minimum Gasteiger partial charge on any atom is -0.461 e. The zero-order valence-electron chi connectivity index (χ0n) is 25.7. The van der Waals surface area contributed by atoms with Gasteiger partial charge >= 0.3 is 5.97 Å². The predicted octanol–water partition coefficient (Wildman–Crippen LogP) is 2.72. The summed E-state index contributed by atoms with van der Waals surface area (Å²) in [6.07, 6.45) is 3.17. The molecule has 3 amide bonds. The Morgan fingerprint density at radius 2 is 1.74 bits per heavy atom. The SMILES string of the molecule is CCc1nn(CC(C)(C)COC(=O)c2cccc(C(=O)N3CCN(C(C)=O)CC3)c2)c2c1C(=O)NCC1(CCOCC1)C2. The topological polar surface area (TPSA) is 123 Å². The summed E-state index contributed by atoms with van der Waals surface area (Å²) in [4.78, 5) is 54.4. The van der Waals surface area contributed by atoms with E-state index in [2.05, 4.69) is 5.32 Å². The van der Waals surface area contributed by atoms with Crippen LogP contribution in [0.15, 0.2) is 24.3 Å². The summed E-state index contributed by atoms with van der Waals surface area (Å²) < 4.78 is 13.4. The molecule has 0 aliphatic carbocycles. The lowest BCUT2D eigenvalue weighted by atomic mass is 9.76. The van der Waals surface area contributed by atoms with Gasteiger partial charge in [-0.3, -0.25) is 19.1 Å². The minimum atomic E-state index is -0.502. The number of nitrogens with one attached hydrogen (secondary N) is 1. The summed E-state index contributed by atoms with van der Waals surface area (Å²) in [5.74, 6) is -0.739. The lowest BCUT2D eigenvalue weighted by molar-refractivity contribution is -0.130. The molecule has 5 rings (SSSR count). The van der Waals surface area contributed by atoms with Gasteiger partial charge in [-0.25, -0.2) is 4.79 Å². The van der Waals surface area contributed by atoms with E-state index in [1.165, 1.54) is 6.92 Å². The molecule has 3 aliphatic heterocycles. The van der Waals surface area contributed by atoms with Gasteiger partial charge in [-0.2, -0.15) is 5.10 Å². The number of rotatable bonds is 7. The molecule has 0 saturated carbocycles. The van der Waals surface area contributed by atoms with Crippen molar-refractivity contribution < 1.29 is 28.7 Å². The highest BCUT2D eigenvalue weighted by molar-refractivity contribution is 5.98. The van der Waals surface area contributed by atoms with Gasteiger partial charge in [-0.05, 0) is 49.3 Å². The van der Waals surface area contributed by atoms with Crippen LogP contribution in [0.5, 0.6) is 0 Å². The lowest BCUT2D eigenvalue weighted by Gasteiger charge is -2.36. The molecule has 11 heteroatoms. The van der Waals surface area contributed by atoms with E-state index in [4.69, 9.17) is 14.6 Å². The third kappa shape index (κ3) is 6.76. The van der Waals surface area contributed by atoms with Gasteiger partial charge < -0.3 is 24.6 Å². The van der Waals surface area contributed by atoms with Crippen molar-refractivity contribution in [3.05, 3.63) is 52.3 Å². The highest BCUT2D eigenvalue weighted by atomic mass is 16.5. The third-order valence-corrected chi connectivity index (χ3v) is 8.94. The van der Waals surface area contributed by atoms with Crippen LogP contribution in [-0.4, -0.2) is 95.8 Å². The lowest BCUT2D eigenvalue weighted by Crippen LogP contribution is -2.50. The molecule has 1 spiro atoms. The number of aromatic nitrogens is 2. The van der Waals surface area contributed by atoms with Gasteiger partial charge in [0, 0.05) is 70.4 Å². The average Bonchev–Trinajstić information content (AvgIpc) is 3.27. The molecule has 0 unspecified atom stereocenters. The molecule has 2 fully saturated rings. The first kappa shape index (κ1) is 30.7. The van der Waals surface area contributed by atoms with Gasteiger partial charge in [0.2, 0.25) is 5.91 Å². The van der Waals surface area contributed by atoms with Gasteiger partial charge in [-0.1, -0.05) is 26.8 Å².